The molecule has 0 radical (unpaired) electrons. The molecule has 0 N–H and O–H groups in total. The molecule has 21 heavy (non-hydrogen) atoms. The van der Waals surface area contributed by atoms with Crippen LogP contribution in [0.3, 0.4) is 0 Å². The maximum Gasteiger partial charge on any atom is 0.338 e. The van der Waals surface area contributed by atoms with Gasteiger partial charge in [-0.25, -0.2) is 0 Å². The summed E-state index contributed by atoms with van der Waals surface area (Å²) in [5.41, 5.74) is -4.29. The lowest BCUT2D eigenvalue weighted by atomic mass is 9.88. The molecule has 0 saturated carbocycles. The fraction of sp³-hybridized carbons (Fsp3) is 0.300. The molecule has 1 heterocycles. The number of aromatic nitrogens is 2. The largest absolute Gasteiger partial charge is 0.359 e. The molecule has 0 spiro atoms. The van der Waals surface area contributed by atoms with E-state index in [0.29, 0.717) is 0 Å². The number of hydrogen-bond acceptors (Lipinski definition) is 8. The van der Waals surface area contributed by atoms with E-state index in [1.54, 1.807) is 6.07 Å². The minimum atomic E-state index is -1.92. The third-order valence-electron chi connectivity index (χ3n) is 3.03. The lowest BCUT2D eigenvalue weighted by Crippen LogP contribution is -2.30. The molecule has 11 nitrogen and oxygen atoms in total. The summed E-state index contributed by atoms with van der Waals surface area (Å²) in [5, 5.41) is 46.1. The highest BCUT2D eigenvalue weighted by atomic mass is 16.8. The molecule has 0 unspecified atom stereocenters. The van der Waals surface area contributed by atoms with Gasteiger partial charge in [-0.1, -0.05) is 0 Å². The van der Waals surface area contributed by atoms with E-state index in [1.807, 2.05) is 0 Å². The Balaban J connectivity index is 3.05. The van der Waals surface area contributed by atoms with Crippen molar-refractivity contribution in [2.45, 2.75) is 19.4 Å². The van der Waals surface area contributed by atoms with Gasteiger partial charge in [-0.3, -0.25) is 24.9 Å². The Labute approximate surface area is 115 Å². The van der Waals surface area contributed by atoms with Gasteiger partial charge in [-0.15, -0.1) is 0 Å². The van der Waals surface area contributed by atoms with Gasteiger partial charge in [-0.05, 0) is 4.90 Å². The van der Waals surface area contributed by atoms with Gasteiger partial charge in [-0.2, -0.15) is 5.26 Å². The first kappa shape index (κ1) is 14.1. The summed E-state index contributed by atoms with van der Waals surface area (Å²) in [7, 11) is 0. The van der Waals surface area contributed by atoms with Gasteiger partial charge in [0.2, 0.25) is 11.1 Å². The van der Waals surface area contributed by atoms with Crippen LogP contribution >= 0.6 is 0 Å². The van der Waals surface area contributed by atoms with Crippen LogP contribution in [-0.2, 0) is 5.54 Å². The van der Waals surface area contributed by atoms with Crippen LogP contribution in [0.1, 0.15) is 25.0 Å². The maximum atomic E-state index is 11.3. The Morgan fingerprint density at radius 2 is 2.05 bits per heavy atom. The van der Waals surface area contributed by atoms with Crippen molar-refractivity contribution in [2.24, 2.45) is 0 Å². The van der Waals surface area contributed by atoms with Crippen molar-refractivity contribution in [1.29, 1.82) is 5.26 Å². The first-order chi connectivity index (χ1) is 9.71. The van der Waals surface area contributed by atoms with E-state index in [-0.39, 0.29) is 16.0 Å². The number of fused-ring (bicyclic) bond motifs is 1. The summed E-state index contributed by atoms with van der Waals surface area (Å²) in [6, 6.07) is 2.61. The highest BCUT2D eigenvalue weighted by Crippen LogP contribution is 2.38. The van der Waals surface area contributed by atoms with Gasteiger partial charge in [0.15, 0.2) is 0 Å². The summed E-state index contributed by atoms with van der Waals surface area (Å²) in [6.45, 7) is 2.24. The van der Waals surface area contributed by atoms with Gasteiger partial charge in [0.1, 0.15) is 11.6 Å². The van der Waals surface area contributed by atoms with E-state index < -0.39 is 32.2 Å². The van der Waals surface area contributed by atoms with E-state index in [9.17, 15) is 25.4 Å². The smallest absolute Gasteiger partial charge is 0.338 e. The Bertz CT molecular complexity index is 817. The molecule has 2 rings (SSSR count). The third-order valence-corrected chi connectivity index (χ3v) is 3.03. The molecule has 0 amide bonds. The molecule has 2 aromatic rings. The molecule has 0 atom stereocenters. The molecule has 0 fully saturated rings. The Morgan fingerprint density at radius 1 is 1.43 bits per heavy atom. The fourth-order valence-corrected chi connectivity index (χ4v) is 1.97. The lowest BCUT2D eigenvalue weighted by molar-refractivity contribution is -0.782. The van der Waals surface area contributed by atoms with Crippen LogP contribution < -0.4 is 4.90 Å². The van der Waals surface area contributed by atoms with Gasteiger partial charge < -0.3 is 5.21 Å². The second-order valence-corrected chi connectivity index (χ2v) is 4.63. The molecule has 0 bridgehead atoms. The Hall–Kier alpha value is -3.29. The average molecular weight is 293 g/mol. The molecular formula is C10H7N5O6. The molecule has 0 aliphatic heterocycles. The van der Waals surface area contributed by atoms with Gasteiger partial charge in [0, 0.05) is 24.8 Å². The van der Waals surface area contributed by atoms with E-state index in [4.69, 9.17) is 5.26 Å². The molecule has 108 valence electrons. The summed E-state index contributed by atoms with van der Waals surface area (Å²) in [6.07, 6.45) is 0. The van der Waals surface area contributed by atoms with Crippen LogP contribution in [0.25, 0.3) is 11.0 Å². The summed E-state index contributed by atoms with van der Waals surface area (Å²) in [5.74, 6) is 0. The number of benzene rings is 1. The van der Waals surface area contributed by atoms with Crippen molar-refractivity contribution < 1.29 is 19.4 Å². The number of nitro groups is 2. The molecule has 11 heteroatoms. The summed E-state index contributed by atoms with van der Waals surface area (Å²) < 4.78 is 4.26. The highest BCUT2D eigenvalue weighted by Gasteiger charge is 2.46. The molecule has 0 aliphatic rings. The average Bonchev–Trinajstić information content (AvgIpc) is 2.77. The second kappa shape index (κ2) is 4.37. The van der Waals surface area contributed by atoms with Crippen molar-refractivity contribution in [3.05, 3.63) is 42.6 Å². The maximum absolute atomic E-state index is 11.3. The SMILES string of the molecule is CC(C)(c1c(C#N)cc2c(no[n+]2[O-])c1[N+](=O)[O-])[N+](=O)[O-]. The quantitative estimate of drug-likeness (QED) is 0.454. The normalized spacial score (nSPS) is 11.3. The van der Waals surface area contributed by atoms with Gasteiger partial charge in [0.05, 0.1) is 15.6 Å². The standard InChI is InChI=1S/C10H7N5O6/c1-10(2,15(19)20)7-5(4-11)3-6-8(9(7)13(16)17)12-21-14(6)18/h3H,1-2H3. The van der Waals surface area contributed by atoms with Crippen molar-refractivity contribution in [1.82, 2.24) is 5.16 Å². The van der Waals surface area contributed by atoms with E-state index in [1.165, 1.54) is 0 Å². The highest BCUT2D eigenvalue weighted by molar-refractivity contribution is 5.86. The van der Waals surface area contributed by atoms with Crippen LogP contribution in [0.2, 0.25) is 0 Å². The number of nitro benzene ring substituents is 1. The number of nitrogens with zero attached hydrogens (tertiary/aromatic N) is 5. The Morgan fingerprint density at radius 3 is 2.52 bits per heavy atom. The van der Waals surface area contributed by atoms with Crippen LogP contribution in [0, 0.1) is 36.8 Å². The van der Waals surface area contributed by atoms with Crippen molar-refractivity contribution in [3.63, 3.8) is 0 Å². The summed E-state index contributed by atoms with van der Waals surface area (Å²) in [4.78, 5) is 20.6. The molecule has 1 aromatic heterocycles. The first-order valence-electron chi connectivity index (χ1n) is 5.47. The van der Waals surface area contributed by atoms with Gasteiger partial charge in [0.25, 0.3) is 0 Å². The van der Waals surface area contributed by atoms with Crippen LogP contribution in [0.15, 0.2) is 10.7 Å². The topological polar surface area (TPSA) is 163 Å². The van der Waals surface area contributed by atoms with E-state index in [0.717, 1.165) is 19.9 Å². The van der Waals surface area contributed by atoms with Crippen LogP contribution in [-0.4, -0.2) is 15.0 Å². The third kappa shape index (κ3) is 1.89. The van der Waals surface area contributed by atoms with Gasteiger partial charge >= 0.3 is 11.2 Å². The molecule has 1 aromatic carbocycles. The Kier molecular flexibility index (Phi) is 2.94. The minimum Gasteiger partial charge on any atom is -0.359 e. The zero-order chi connectivity index (χ0) is 15.9. The van der Waals surface area contributed by atoms with Crippen molar-refractivity contribution in [3.8, 4) is 6.07 Å². The molecule has 0 aliphatic carbocycles. The number of nitriles is 1. The lowest BCUT2D eigenvalue weighted by Gasteiger charge is -2.16. The van der Waals surface area contributed by atoms with E-state index in [2.05, 4.69) is 9.79 Å². The number of hydrogen-bond donors (Lipinski definition) is 0. The van der Waals surface area contributed by atoms with E-state index >= 15 is 0 Å². The zero-order valence-corrected chi connectivity index (χ0v) is 10.8. The minimum absolute atomic E-state index is 0.105. The van der Waals surface area contributed by atoms with Crippen LogP contribution in [0.5, 0.6) is 0 Å². The second-order valence-electron chi connectivity index (χ2n) is 4.63. The monoisotopic (exact) mass is 293 g/mol. The first-order valence-corrected chi connectivity index (χ1v) is 5.47. The van der Waals surface area contributed by atoms with Crippen molar-refractivity contribution in [2.75, 3.05) is 0 Å². The number of rotatable bonds is 3. The van der Waals surface area contributed by atoms with Crippen molar-refractivity contribution >= 4 is 16.7 Å². The fourth-order valence-electron chi connectivity index (χ4n) is 1.97. The zero-order valence-electron chi connectivity index (χ0n) is 10.8. The molecule has 0 saturated heterocycles. The van der Waals surface area contributed by atoms with Crippen LogP contribution in [0.4, 0.5) is 5.69 Å². The molecular weight excluding hydrogens is 286 g/mol. The predicted molar refractivity (Wildman–Crippen MR) is 64.4 cm³/mol. The predicted octanol–water partition coefficient (Wildman–Crippen LogP) is 0.753. The summed E-state index contributed by atoms with van der Waals surface area (Å²) >= 11 is 0.